The molecule has 0 radical (unpaired) electrons. The first-order valence-corrected chi connectivity index (χ1v) is 13.0. The molecule has 0 saturated heterocycles. The summed E-state index contributed by atoms with van der Waals surface area (Å²) in [5.41, 5.74) is -3.35. The SMILES string of the molecule is CC(C)(C)OC(=O)N(Cc1c(F)cc(F)cc1F)C(=O)c1cn2c(c(OCc3ccccc3)c1=O)C(=O)NC[C@@H]2CON. The second-order valence-electron chi connectivity index (χ2n) is 10.6. The predicted octanol–water partition coefficient (Wildman–Crippen LogP) is 3.60. The van der Waals surface area contributed by atoms with Crippen LogP contribution < -0.4 is 21.4 Å². The smallest absolute Gasteiger partial charge is 0.417 e. The van der Waals surface area contributed by atoms with E-state index < -0.39 is 75.9 Å². The second kappa shape index (κ2) is 12.7. The Morgan fingerprint density at radius 1 is 1.09 bits per heavy atom. The molecule has 3 N–H and O–H groups in total. The number of halogens is 3. The van der Waals surface area contributed by atoms with Gasteiger partial charge in [-0.05, 0) is 26.3 Å². The van der Waals surface area contributed by atoms with Crippen molar-refractivity contribution in [2.75, 3.05) is 13.2 Å². The predicted molar refractivity (Wildman–Crippen MR) is 145 cm³/mol. The summed E-state index contributed by atoms with van der Waals surface area (Å²) in [4.78, 5) is 58.9. The summed E-state index contributed by atoms with van der Waals surface area (Å²) >= 11 is 0. The minimum atomic E-state index is -1.37. The molecule has 11 nitrogen and oxygen atoms in total. The summed E-state index contributed by atoms with van der Waals surface area (Å²) in [6, 6.07) is 8.70. The largest absolute Gasteiger partial charge is 0.483 e. The fraction of sp³-hybridized carbons (Fsp3) is 0.310. The lowest BCUT2D eigenvalue weighted by Gasteiger charge is -2.30. The van der Waals surface area contributed by atoms with Crippen molar-refractivity contribution in [3.63, 3.8) is 0 Å². The number of nitrogens with zero attached hydrogens (tertiary/aromatic N) is 2. The van der Waals surface area contributed by atoms with E-state index in [2.05, 4.69) is 5.32 Å². The van der Waals surface area contributed by atoms with Gasteiger partial charge < -0.3 is 24.2 Å². The molecule has 3 aromatic rings. The number of hydrogen-bond donors (Lipinski definition) is 2. The van der Waals surface area contributed by atoms with E-state index in [4.69, 9.17) is 20.2 Å². The monoisotopic (exact) mass is 602 g/mol. The molecule has 2 heterocycles. The highest BCUT2D eigenvalue weighted by Crippen LogP contribution is 2.26. The van der Waals surface area contributed by atoms with Crippen molar-refractivity contribution in [3.8, 4) is 5.75 Å². The fourth-order valence-corrected chi connectivity index (χ4v) is 4.34. The van der Waals surface area contributed by atoms with Crippen molar-refractivity contribution >= 4 is 17.9 Å². The molecule has 1 aliphatic heterocycles. The van der Waals surface area contributed by atoms with Crippen molar-refractivity contribution in [3.05, 3.63) is 98.7 Å². The first kappa shape index (κ1) is 31.3. The van der Waals surface area contributed by atoms with Gasteiger partial charge in [0.1, 0.15) is 35.2 Å². The number of fused-ring (bicyclic) bond motifs is 1. The Morgan fingerprint density at radius 2 is 1.74 bits per heavy atom. The molecular weight excluding hydrogens is 573 g/mol. The number of rotatable bonds is 8. The molecule has 1 aromatic heterocycles. The average Bonchev–Trinajstić information content (AvgIpc) is 2.92. The number of aromatic nitrogens is 1. The molecule has 0 saturated carbocycles. The third-order valence-corrected chi connectivity index (χ3v) is 6.33. The van der Waals surface area contributed by atoms with Crippen molar-refractivity contribution < 1.29 is 41.9 Å². The van der Waals surface area contributed by atoms with E-state index in [0.29, 0.717) is 22.6 Å². The zero-order valence-corrected chi connectivity index (χ0v) is 23.5. The molecule has 0 fully saturated rings. The van der Waals surface area contributed by atoms with Gasteiger partial charge in [0.15, 0.2) is 11.4 Å². The third kappa shape index (κ3) is 7.04. The Labute approximate surface area is 243 Å². The highest BCUT2D eigenvalue weighted by atomic mass is 19.1. The molecule has 4 rings (SSSR count). The molecule has 0 unspecified atom stereocenters. The van der Waals surface area contributed by atoms with Crippen molar-refractivity contribution in [2.24, 2.45) is 5.90 Å². The molecule has 14 heteroatoms. The highest BCUT2D eigenvalue weighted by molar-refractivity contribution is 6.04. The van der Waals surface area contributed by atoms with Gasteiger partial charge in [-0.25, -0.2) is 28.8 Å². The minimum Gasteiger partial charge on any atom is -0.483 e. The van der Waals surface area contributed by atoms with E-state index in [0.717, 1.165) is 6.20 Å². The van der Waals surface area contributed by atoms with E-state index in [1.165, 1.54) is 25.3 Å². The van der Waals surface area contributed by atoms with Gasteiger partial charge in [-0.15, -0.1) is 0 Å². The molecule has 1 aliphatic rings. The summed E-state index contributed by atoms with van der Waals surface area (Å²) in [6.45, 7) is 3.09. The van der Waals surface area contributed by atoms with Crippen LogP contribution in [0, 0.1) is 17.5 Å². The van der Waals surface area contributed by atoms with E-state index in [-0.39, 0.29) is 25.5 Å². The second-order valence-corrected chi connectivity index (χ2v) is 10.6. The number of imide groups is 1. The quantitative estimate of drug-likeness (QED) is 0.373. The standard InChI is InChI=1S/C29H29F3N4O7/c1-29(2,3)43-28(40)36(12-19-21(31)9-17(30)10-22(19)32)27(39)20-13-35-18(15-42-33)11-34-26(38)23(35)25(24(20)37)41-14-16-7-5-4-6-8-16/h4-10,13,18H,11-12,14-15,33H2,1-3H3,(H,34,38)/t18-/m1/s1. The number of nitrogens with two attached hydrogens (primary N) is 1. The van der Waals surface area contributed by atoms with Crippen LogP contribution in [0.25, 0.3) is 0 Å². The first-order valence-electron chi connectivity index (χ1n) is 13.0. The van der Waals surface area contributed by atoms with Crippen LogP contribution in [0.3, 0.4) is 0 Å². The average molecular weight is 603 g/mol. The minimum absolute atomic E-state index is 0.000554. The van der Waals surface area contributed by atoms with Gasteiger partial charge in [-0.2, -0.15) is 0 Å². The number of hydrogen-bond acceptors (Lipinski definition) is 8. The van der Waals surface area contributed by atoms with Crippen LogP contribution in [0.4, 0.5) is 18.0 Å². The first-order chi connectivity index (χ1) is 20.3. The van der Waals surface area contributed by atoms with Gasteiger partial charge >= 0.3 is 6.09 Å². The Morgan fingerprint density at radius 3 is 2.35 bits per heavy atom. The van der Waals surface area contributed by atoms with E-state index in [9.17, 15) is 32.3 Å². The summed E-state index contributed by atoms with van der Waals surface area (Å²) < 4.78 is 55.1. The molecule has 0 aliphatic carbocycles. The number of pyridine rings is 1. The topological polar surface area (TPSA) is 142 Å². The lowest BCUT2D eigenvalue weighted by Crippen LogP contribution is -2.46. The molecule has 228 valence electrons. The van der Waals surface area contributed by atoms with Gasteiger partial charge in [-0.3, -0.25) is 14.4 Å². The van der Waals surface area contributed by atoms with Crippen LogP contribution >= 0.6 is 0 Å². The van der Waals surface area contributed by atoms with E-state index in [1.807, 2.05) is 0 Å². The summed E-state index contributed by atoms with van der Waals surface area (Å²) in [7, 11) is 0. The number of ether oxygens (including phenoxy) is 2. The van der Waals surface area contributed by atoms with Crippen molar-refractivity contribution in [1.82, 2.24) is 14.8 Å². The zero-order chi connectivity index (χ0) is 31.5. The third-order valence-electron chi connectivity index (χ3n) is 6.33. The molecule has 0 spiro atoms. The molecule has 3 amide bonds. The molecule has 0 bridgehead atoms. The van der Waals surface area contributed by atoms with E-state index >= 15 is 0 Å². The summed E-state index contributed by atoms with van der Waals surface area (Å²) in [5, 5.41) is 2.61. The maximum atomic E-state index is 14.6. The van der Waals surface area contributed by atoms with Crippen LogP contribution in [-0.4, -0.2) is 46.1 Å². The molecular formula is C29H29F3N4O7. The number of nitrogens with one attached hydrogen (secondary N) is 1. The van der Waals surface area contributed by atoms with Gasteiger partial charge in [0.05, 0.1) is 19.2 Å². The fourth-order valence-electron chi connectivity index (χ4n) is 4.34. The van der Waals surface area contributed by atoms with Crippen LogP contribution in [0.1, 0.15) is 58.8 Å². The van der Waals surface area contributed by atoms with Crippen LogP contribution in [0.2, 0.25) is 0 Å². The maximum Gasteiger partial charge on any atom is 0.417 e. The van der Waals surface area contributed by atoms with Crippen molar-refractivity contribution in [2.45, 2.75) is 45.6 Å². The Bertz CT molecular complexity index is 1580. The molecule has 43 heavy (non-hydrogen) atoms. The Kier molecular flexibility index (Phi) is 9.21. The maximum absolute atomic E-state index is 14.6. The Hall–Kier alpha value is -4.69. The highest BCUT2D eigenvalue weighted by Gasteiger charge is 2.36. The lowest BCUT2D eigenvalue weighted by atomic mass is 10.1. The van der Waals surface area contributed by atoms with Gasteiger partial charge in [0, 0.05) is 30.4 Å². The summed E-state index contributed by atoms with van der Waals surface area (Å²) in [6.07, 6.45) is -0.318. The number of benzene rings is 2. The van der Waals surface area contributed by atoms with Gasteiger partial charge in [0.25, 0.3) is 11.8 Å². The molecule has 1 atom stereocenters. The zero-order valence-electron chi connectivity index (χ0n) is 23.5. The van der Waals surface area contributed by atoms with Gasteiger partial charge in [-0.1, -0.05) is 30.3 Å². The summed E-state index contributed by atoms with van der Waals surface area (Å²) in [5.74, 6) is -1.21. The number of carbonyl (C=O) groups excluding carboxylic acids is 3. The number of carbonyl (C=O) groups is 3. The number of amides is 3. The van der Waals surface area contributed by atoms with E-state index in [1.54, 1.807) is 30.3 Å². The Balaban J connectivity index is 1.87. The van der Waals surface area contributed by atoms with Crippen molar-refractivity contribution in [1.29, 1.82) is 0 Å². The normalized spacial score (nSPS) is 14.5. The van der Waals surface area contributed by atoms with Gasteiger partial charge in [0.2, 0.25) is 5.43 Å². The van der Waals surface area contributed by atoms with Crippen LogP contribution in [-0.2, 0) is 22.7 Å². The lowest BCUT2D eigenvalue weighted by molar-refractivity contribution is 0.0222. The molecule has 2 aromatic carbocycles. The van der Waals surface area contributed by atoms with Crippen LogP contribution in [0.15, 0.2) is 53.5 Å². The van der Waals surface area contributed by atoms with Crippen LogP contribution in [0.5, 0.6) is 5.75 Å².